The number of benzene rings is 1. The van der Waals surface area contributed by atoms with Gasteiger partial charge in [0.1, 0.15) is 0 Å². The first-order chi connectivity index (χ1) is 8.52. The van der Waals surface area contributed by atoms with Crippen molar-refractivity contribution in [2.45, 2.75) is 19.4 Å². The second kappa shape index (κ2) is 4.78. The highest BCUT2D eigenvalue weighted by Crippen LogP contribution is 2.26. The van der Waals surface area contributed by atoms with Crippen molar-refractivity contribution in [3.05, 3.63) is 29.3 Å². The molecule has 1 N–H and O–H groups in total. The number of carbonyl (C=O) groups excluding carboxylic acids is 2. The van der Waals surface area contributed by atoms with Crippen molar-refractivity contribution in [3.8, 4) is 0 Å². The quantitative estimate of drug-likeness (QED) is 0.790. The highest BCUT2D eigenvalue weighted by Gasteiger charge is 2.30. The van der Waals surface area contributed by atoms with Gasteiger partial charge in [0.15, 0.2) is 0 Å². The van der Waals surface area contributed by atoms with E-state index in [4.69, 9.17) is 0 Å². The second-order valence-electron chi connectivity index (χ2n) is 4.36. The van der Waals surface area contributed by atoms with Crippen LogP contribution in [0.5, 0.6) is 0 Å². The molecular formula is C13H15NO4. The summed E-state index contributed by atoms with van der Waals surface area (Å²) in [4.78, 5) is 24.7. The van der Waals surface area contributed by atoms with Crippen LogP contribution in [0.1, 0.15) is 22.3 Å². The molecule has 1 fully saturated rings. The lowest BCUT2D eigenvalue weighted by Gasteiger charge is -2.19. The molecule has 0 spiro atoms. The third kappa shape index (κ3) is 2.22. The number of β-amino-alcohol motifs (C(OH)–C–C–N with tert-alkyl or cyclic N) is 1. The minimum atomic E-state index is -0.640. The van der Waals surface area contributed by atoms with Gasteiger partial charge in [0.2, 0.25) is 5.91 Å². The predicted molar refractivity (Wildman–Crippen MR) is 65.5 cm³/mol. The van der Waals surface area contributed by atoms with E-state index in [9.17, 15) is 14.7 Å². The molecule has 1 unspecified atom stereocenters. The van der Waals surface area contributed by atoms with Crippen LogP contribution >= 0.6 is 0 Å². The SMILES string of the molecule is COC(=O)c1ccc(C)c(N2CC(O)CC2=O)c1. The molecule has 0 aliphatic carbocycles. The maximum Gasteiger partial charge on any atom is 0.337 e. The molecule has 0 radical (unpaired) electrons. The Hall–Kier alpha value is -1.88. The summed E-state index contributed by atoms with van der Waals surface area (Å²) < 4.78 is 4.65. The monoisotopic (exact) mass is 249 g/mol. The number of hydrogen-bond donors (Lipinski definition) is 1. The van der Waals surface area contributed by atoms with Gasteiger partial charge >= 0.3 is 5.97 Å². The number of nitrogens with zero attached hydrogens (tertiary/aromatic N) is 1. The molecule has 0 bridgehead atoms. The van der Waals surface area contributed by atoms with Gasteiger partial charge in [-0.15, -0.1) is 0 Å². The third-order valence-corrected chi connectivity index (χ3v) is 3.03. The maximum atomic E-state index is 11.7. The van der Waals surface area contributed by atoms with E-state index >= 15 is 0 Å². The van der Waals surface area contributed by atoms with Crippen molar-refractivity contribution in [1.29, 1.82) is 0 Å². The molecule has 18 heavy (non-hydrogen) atoms. The fourth-order valence-electron chi connectivity index (χ4n) is 2.07. The number of hydrogen-bond acceptors (Lipinski definition) is 4. The zero-order valence-electron chi connectivity index (χ0n) is 10.3. The van der Waals surface area contributed by atoms with E-state index in [-0.39, 0.29) is 18.9 Å². The molecular weight excluding hydrogens is 234 g/mol. The summed E-state index contributed by atoms with van der Waals surface area (Å²) in [5.74, 6) is -0.573. The summed E-state index contributed by atoms with van der Waals surface area (Å²) in [6.07, 6.45) is -0.513. The zero-order valence-corrected chi connectivity index (χ0v) is 10.3. The largest absolute Gasteiger partial charge is 0.465 e. The first-order valence-corrected chi connectivity index (χ1v) is 5.70. The fourth-order valence-corrected chi connectivity index (χ4v) is 2.07. The topological polar surface area (TPSA) is 66.8 Å². The molecule has 1 aromatic carbocycles. The number of amides is 1. The molecule has 1 heterocycles. The van der Waals surface area contributed by atoms with Crippen LogP contribution in [0.15, 0.2) is 18.2 Å². The molecule has 2 rings (SSSR count). The Labute approximate surface area is 105 Å². The average Bonchev–Trinajstić information content (AvgIpc) is 2.68. The maximum absolute atomic E-state index is 11.7. The van der Waals surface area contributed by atoms with Gasteiger partial charge < -0.3 is 14.7 Å². The number of esters is 1. The van der Waals surface area contributed by atoms with E-state index in [0.717, 1.165) is 5.56 Å². The van der Waals surface area contributed by atoms with Crippen molar-refractivity contribution in [1.82, 2.24) is 0 Å². The molecule has 1 aliphatic heterocycles. The van der Waals surface area contributed by atoms with Gasteiger partial charge in [-0.1, -0.05) is 6.07 Å². The van der Waals surface area contributed by atoms with Crippen LogP contribution in [0, 0.1) is 6.92 Å². The van der Waals surface area contributed by atoms with Crippen molar-refractivity contribution < 1.29 is 19.4 Å². The van der Waals surface area contributed by atoms with E-state index in [1.165, 1.54) is 12.0 Å². The smallest absolute Gasteiger partial charge is 0.337 e. The Bertz CT molecular complexity index is 498. The van der Waals surface area contributed by atoms with Gasteiger partial charge in [0.05, 0.1) is 31.7 Å². The van der Waals surface area contributed by atoms with Crippen molar-refractivity contribution in [2.75, 3.05) is 18.6 Å². The van der Waals surface area contributed by atoms with Crippen molar-refractivity contribution >= 4 is 17.6 Å². The summed E-state index contributed by atoms with van der Waals surface area (Å²) in [5.41, 5.74) is 1.93. The molecule has 96 valence electrons. The van der Waals surface area contributed by atoms with E-state index in [0.29, 0.717) is 11.3 Å². The van der Waals surface area contributed by atoms with E-state index in [1.807, 2.05) is 6.92 Å². The molecule has 5 heteroatoms. The predicted octanol–water partition coefficient (Wildman–Crippen LogP) is 0.879. The lowest BCUT2D eigenvalue weighted by molar-refractivity contribution is -0.117. The Morgan fingerprint density at radius 2 is 2.22 bits per heavy atom. The van der Waals surface area contributed by atoms with E-state index < -0.39 is 12.1 Å². The molecule has 0 aromatic heterocycles. The number of methoxy groups -OCH3 is 1. The molecule has 1 atom stereocenters. The number of rotatable bonds is 2. The lowest BCUT2D eigenvalue weighted by Crippen LogP contribution is -2.26. The normalized spacial score (nSPS) is 19.2. The van der Waals surface area contributed by atoms with Gasteiger partial charge in [-0.3, -0.25) is 4.79 Å². The molecule has 1 saturated heterocycles. The van der Waals surface area contributed by atoms with E-state index in [1.54, 1.807) is 18.2 Å². The number of aliphatic hydroxyl groups is 1. The second-order valence-corrected chi connectivity index (χ2v) is 4.36. The Morgan fingerprint density at radius 3 is 2.78 bits per heavy atom. The van der Waals surface area contributed by atoms with Crippen LogP contribution in [0.4, 0.5) is 5.69 Å². The van der Waals surface area contributed by atoms with Crippen LogP contribution in [0.2, 0.25) is 0 Å². The van der Waals surface area contributed by atoms with Crippen LogP contribution in [-0.2, 0) is 9.53 Å². The van der Waals surface area contributed by atoms with E-state index in [2.05, 4.69) is 4.74 Å². The first-order valence-electron chi connectivity index (χ1n) is 5.70. The fraction of sp³-hybridized carbons (Fsp3) is 0.385. The van der Waals surface area contributed by atoms with Crippen LogP contribution < -0.4 is 4.90 Å². The first kappa shape index (κ1) is 12.6. The van der Waals surface area contributed by atoms with Crippen LogP contribution in [-0.4, -0.2) is 36.7 Å². The molecule has 0 saturated carbocycles. The lowest BCUT2D eigenvalue weighted by atomic mass is 10.1. The highest BCUT2D eigenvalue weighted by molar-refractivity contribution is 5.98. The number of aryl methyl sites for hydroxylation is 1. The summed E-state index contributed by atoms with van der Waals surface area (Å²) in [7, 11) is 1.31. The van der Waals surface area contributed by atoms with Gasteiger partial charge in [-0.2, -0.15) is 0 Å². The highest BCUT2D eigenvalue weighted by atomic mass is 16.5. The number of ether oxygens (including phenoxy) is 1. The Morgan fingerprint density at radius 1 is 1.50 bits per heavy atom. The number of aliphatic hydroxyl groups excluding tert-OH is 1. The Kier molecular flexibility index (Phi) is 3.34. The standard InChI is InChI=1S/C13H15NO4/c1-8-3-4-9(13(17)18-2)5-11(8)14-7-10(15)6-12(14)16/h3-5,10,15H,6-7H2,1-2H3. The minimum absolute atomic E-state index is 0.127. The molecule has 1 amide bonds. The number of anilines is 1. The zero-order chi connectivity index (χ0) is 13.3. The summed E-state index contributed by atoms with van der Waals surface area (Å²) in [6, 6.07) is 5.04. The Balaban J connectivity index is 2.38. The van der Waals surface area contributed by atoms with Gasteiger partial charge in [0, 0.05) is 5.69 Å². The van der Waals surface area contributed by atoms with Crippen LogP contribution in [0.3, 0.4) is 0 Å². The third-order valence-electron chi connectivity index (χ3n) is 3.03. The van der Waals surface area contributed by atoms with Crippen molar-refractivity contribution in [2.24, 2.45) is 0 Å². The van der Waals surface area contributed by atoms with Gasteiger partial charge in [-0.05, 0) is 24.6 Å². The minimum Gasteiger partial charge on any atom is -0.465 e. The molecule has 1 aliphatic rings. The van der Waals surface area contributed by atoms with Gasteiger partial charge in [0.25, 0.3) is 0 Å². The van der Waals surface area contributed by atoms with Crippen LogP contribution in [0.25, 0.3) is 0 Å². The summed E-state index contributed by atoms with van der Waals surface area (Å²) in [6.45, 7) is 2.12. The summed E-state index contributed by atoms with van der Waals surface area (Å²) in [5, 5.41) is 9.49. The number of carbonyl (C=O) groups is 2. The van der Waals surface area contributed by atoms with Gasteiger partial charge in [-0.25, -0.2) is 4.79 Å². The molecule has 1 aromatic rings. The average molecular weight is 249 g/mol. The summed E-state index contributed by atoms with van der Waals surface area (Å²) >= 11 is 0. The molecule has 5 nitrogen and oxygen atoms in total. The van der Waals surface area contributed by atoms with Crippen molar-refractivity contribution in [3.63, 3.8) is 0 Å².